The topological polar surface area (TPSA) is 80.4 Å². The van der Waals surface area contributed by atoms with E-state index in [9.17, 15) is 14.9 Å². The predicted octanol–water partition coefficient (Wildman–Crippen LogP) is 3.75. The molecule has 0 atom stereocenters. The van der Waals surface area contributed by atoms with E-state index in [0.717, 1.165) is 12.0 Å². The summed E-state index contributed by atoms with van der Waals surface area (Å²) in [6.45, 7) is 0. The molecule has 0 radical (unpaired) electrons. The average Bonchev–Trinajstić information content (AvgIpc) is 2.96. The smallest absolute Gasteiger partial charge is 0.342 e. The van der Waals surface area contributed by atoms with Gasteiger partial charge in [-0.25, -0.2) is 4.79 Å². The van der Waals surface area contributed by atoms with Gasteiger partial charge in [-0.2, -0.15) is 0 Å². The maximum absolute atomic E-state index is 11.0. The number of hydrogen-bond donors (Lipinski definition) is 1. The van der Waals surface area contributed by atoms with Crippen LogP contribution in [0, 0.1) is 10.1 Å². The normalized spacial score (nSPS) is 14.0. The van der Waals surface area contributed by atoms with Crippen LogP contribution in [0.15, 0.2) is 60.2 Å². The SMILES string of the molecule is O=C(O)c1cc(/C=C/C=C/C2=CCC=C2)ccc1[N+](=O)[O-]. The lowest BCUT2D eigenvalue weighted by molar-refractivity contribution is -0.385. The van der Waals surface area contributed by atoms with Crippen molar-refractivity contribution in [2.45, 2.75) is 6.42 Å². The van der Waals surface area contributed by atoms with Crippen LogP contribution >= 0.6 is 0 Å². The molecule has 0 heterocycles. The van der Waals surface area contributed by atoms with Crippen LogP contribution in [-0.2, 0) is 0 Å². The molecule has 2 rings (SSSR count). The molecule has 21 heavy (non-hydrogen) atoms. The third-order valence-electron chi connectivity index (χ3n) is 2.94. The Bertz CT molecular complexity index is 696. The van der Waals surface area contributed by atoms with Crippen LogP contribution in [-0.4, -0.2) is 16.0 Å². The summed E-state index contributed by atoms with van der Waals surface area (Å²) in [4.78, 5) is 21.1. The summed E-state index contributed by atoms with van der Waals surface area (Å²) < 4.78 is 0. The molecule has 1 N–H and O–H groups in total. The summed E-state index contributed by atoms with van der Waals surface area (Å²) in [5, 5.41) is 19.7. The molecule has 1 aliphatic rings. The first-order valence-corrected chi connectivity index (χ1v) is 6.31. The molecule has 0 saturated carbocycles. The molecule has 5 nitrogen and oxygen atoms in total. The molecule has 0 aromatic heterocycles. The van der Waals surface area contributed by atoms with E-state index in [4.69, 9.17) is 5.11 Å². The molecular weight excluding hydrogens is 270 g/mol. The number of allylic oxidation sites excluding steroid dienone is 7. The van der Waals surface area contributed by atoms with Gasteiger partial charge in [-0.15, -0.1) is 0 Å². The summed E-state index contributed by atoms with van der Waals surface area (Å²) in [6, 6.07) is 4.01. The second-order valence-electron chi connectivity index (χ2n) is 4.40. The fourth-order valence-electron chi connectivity index (χ4n) is 1.92. The third-order valence-corrected chi connectivity index (χ3v) is 2.94. The molecule has 0 spiro atoms. The zero-order valence-corrected chi connectivity index (χ0v) is 11.1. The van der Waals surface area contributed by atoms with Gasteiger partial charge in [0.2, 0.25) is 0 Å². The zero-order chi connectivity index (χ0) is 15.2. The molecule has 0 bridgehead atoms. The van der Waals surface area contributed by atoms with Crippen molar-refractivity contribution >= 4 is 17.7 Å². The first kappa shape index (κ1) is 14.5. The number of carboxylic acid groups (broad SMARTS) is 1. The lowest BCUT2D eigenvalue weighted by Gasteiger charge is -1.99. The minimum Gasteiger partial charge on any atom is -0.477 e. The van der Waals surface area contributed by atoms with Gasteiger partial charge in [0, 0.05) is 6.07 Å². The van der Waals surface area contributed by atoms with Crippen LogP contribution < -0.4 is 0 Å². The minimum atomic E-state index is -1.31. The van der Waals surface area contributed by atoms with Crippen LogP contribution in [0.3, 0.4) is 0 Å². The molecule has 1 aliphatic carbocycles. The van der Waals surface area contributed by atoms with Gasteiger partial charge in [0.25, 0.3) is 5.69 Å². The van der Waals surface area contributed by atoms with E-state index >= 15 is 0 Å². The summed E-state index contributed by atoms with van der Waals surface area (Å²) in [7, 11) is 0. The molecule has 0 unspecified atom stereocenters. The maximum Gasteiger partial charge on any atom is 0.342 e. The van der Waals surface area contributed by atoms with Crippen molar-refractivity contribution in [3.8, 4) is 0 Å². The van der Waals surface area contributed by atoms with Crippen molar-refractivity contribution in [1.82, 2.24) is 0 Å². The number of nitro benzene ring substituents is 1. The molecule has 5 heteroatoms. The van der Waals surface area contributed by atoms with Crippen molar-refractivity contribution in [3.05, 3.63) is 81.5 Å². The highest BCUT2D eigenvalue weighted by Crippen LogP contribution is 2.20. The highest BCUT2D eigenvalue weighted by atomic mass is 16.6. The Labute approximate surface area is 121 Å². The Kier molecular flexibility index (Phi) is 4.46. The standard InChI is InChI=1S/C16H13NO4/c18-16(19)14-11-13(9-10-15(14)17(20)21)8-4-3-7-12-5-1-2-6-12/h1,3-11H,2H2,(H,18,19)/b7-3+,8-4+. The van der Waals surface area contributed by atoms with Gasteiger partial charge in [0.05, 0.1) is 4.92 Å². The van der Waals surface area contributed by atoms with Gasteiger partial charge >= 0.3 is 5.97 Å². The molecule has 0 fully saturated rings. The molecule has 0 amide bonds. The van der Waals surface area contributed by atoms with Crippen molar-refractivity contribution in [2.75, 3.05) is 0 Å². The largest absolute Gasteiger partial charge is 0.477 e. The van der Waals surface area contributed by atoms with E-state index in [0.29, 0.717) is 5.56 Å². The Balaban J connectivity index is 2.17. The van der Waals surface area contributed by atoms with Crippen LogP contribution in [0.2, 0.25) is 0 Å². The van der Waals surface area contributed by atoms with Crippen LogP contribution in [0.5, 0.6) is 0 Å². The molecule has 1 aromatic rings. The van der Waals surface area contributed by atoms with Gasteiger partial charge in [-0.3, -0.25) is 10.1 Å². The fourth-order valence-corrected chi connectivity index (χ4v) is 1.92. The number of hydrogen-bond acceptors (Lipinski definition) is 3. The second kappa shape index (κ2) is 6.47. The molecule has 1 aromatic carbocycles. The number of nitro groups is 1. The van der Waals surface area contributed by atoms with E-state index in [1.54, 1.807) is 12.2 Å². The van der Waals surface area contributed by atoms with Gasteiger partial charge in [0.1, 0.15) is 5.56 Å². The lowest BCUT2D eigenvalue weighted by Crippen LogP contribution is -2.02. The Hall–Kier alpha value is -2.95. The quantitative estimate of drug-likeness (QED) is 0.507. The van der Waals surface area contributed by atoms with Crippen LogP contribution in [0.25, 0.3) is 6.08 Å². The van der Waals surface area contributed by atoms with Crippen molar-refractivity contribution in [2.24, 2.45) is 0 Å². The second-order valence-corrected chi connectivity index (χ2v) is 4.40. The summed E-state index contributed by atoms with van der Waals surface area (Å²) in [5.41, 5.74) is 0.997. The van der Waals surface area contributed by atoms with Gasteiger partial charge in [0.15, 0.2) is 0 Å². The highest BCUT2D eigenvalue weighted by molar-refractivity contribution is 5.93. The van der Waals surface area contributed by atoms with E-state index in [1.165, 1.54) is 18.2 Å². The van der Waals surface area contributed by atoms with Gasteiger partial charge in [-0.05, 0) is 29.7 Å². The number of carboxylic acids is 1. The van der Waals surface area contributed by atoms with Gasteiger partial charge < -0.3 is 5.11 Å². The number of rotatable bonds is 5. The Morgan fingerprint density at radius 3 is 2.67 bits per heavy atom. The molecule has 0 aliphatic heterocycles. The zero-order valence-electron chi connectivity index (χ0n) is 11.1. The van der Waals surface area contributed by atoms with Crippen LogP contribution in [0.1, 0.15) is 22.3 Å². The predicted molar refractivity (Wildman–Crippen MR) is 80.1 cm³/mol. The van der Waals surface area contributed by atoms with E-state index in [-0.39, 0.29) is 5.56 Å². The van der Waals surface area contributed by atoms with E-state index < -0.39 is 16.6 Å². The fraction of sp³-hybridized carbons (Fsp3) is 0.0625. The molecule has 0 saturated heterocycles. The number of carbonyl (C=O) groups is 1. The third kappa shape index (κ3) is 3.76. The Morgan fingerprint density at radius 1 is 1.29 bits per heavy atom. The minimum absolute atomic E-state index is 0.312. The van der Waals surface area contributed by atoms with E-state index in [2.05, 4.69) is 12.2 Å². The van der Waals surface area contributed by atoms with Crippen molar-refractivity contribution in [1.29, 1.82) is 0 Å². The number of benzene rings is 1. The molecule has 106 valence electrons. The molecular formula is C16H13NO4. The summed E-state index contributed by atoms with van der Waals surface area (Å²) in [6.07, 6.45) is 14.3. The van der Waals surface area contributed by atoms with Gasteiger partial charge in [-0.1, -0.05) is 42.5 Å². The first-order chi connectivity index (χ1) is 10.1. The first-order valence-electron chi connectivity index (χ1n) is 6.31. The highest BCUT2D eigenvalue weighted by Gasteiger charge is 2.19. The van der Waals surface area contributed by atoms with Crippen molar-refractivity contribution in [3.63, 3.8) is 0 Å². The number of nitrogens with zero attached hydrogens (tertiary/aromatic N) is 1. The summed E-state index contributed by atoms with van der Waals surface area (Å²) >= 11 is 0. The van der Waals surface area contributed by atoms with Crippen LogP contribution in [0.4, 0.5) is 5.69 Å². The maximum atomic E-state index is 11.0. The number of aromatic carboxylic acids is 1. The summed E-state index contributed by atoms with van der Waals surface area (Å²) in [5.74, 6) is -1.31. The monoisotopic (exact) mass is 283 g/mol. The lowest BCUT2D eigenvalue weighted by atomic mass is 10.1. The Morgan fingerprint density at radius 2 is 2.05 bits per heavy atom. The van der Waals surface area contributed by atoms with E-state index in [1.807, 2.05) is 18.2 Å². The average molecular weight is 283 g/mol. The van der Waals surface area contributed by atoms with Crippen molar-refractivity contribution < 1.29 is 14.8 Å².